The number of hydrogen-bond donors (Lipinski definition) is 2. The standard InChI is InChI=1S/C10H12N2O4/c13-8(14)5-11-10(15)9-6-3-1-2-4-7(6)16-12-9/h1-5H2,(H,11,15)(H,13,14). The third-order valence-electron chi connectivity index (χ3n) is 2.57. The minimum Gasteiger partial charge on any atom is -0.480 e. The van der Waals surface area contributed by atoms with E-state index in [1.165, 1.54) is 0 Å². The van der Waals surface area contributed by atoms with Gasteiger partial charge in [-0.3, -0.25) is 9.59 Å². The van der Waals surface area contributed by atoms with Crippen LogP contribution in [0.2, 0.25) is 0 Å². The molecule has 0 spiro atoms. The summed E-state index contributed by atoms with van der Waals surface area (Å²) in [6.45, 7) is -0.402. The van der Waals surface area contributed by atoms with Crippen LogP contribution in [0.15, 0.2) is 4.52 Å². The summed E-state index contributed by atoms with van der Waals surface area (Å²) in [5.74, 6) is -0.799. The molecule has 0 unspecified atom stereocenters. The first kappa shape index (κ1) is 10.7. The van der Waals surface area contributed by atoms with Crippen molar-refractivity contribution in [3.05, 3.63) is 17.0 Å². The zero-order valence-corrected chi connectivity index (χ0v) is 8.65. The first-order chi connectivity index (χ1) is 7.68. The summed E-state index contributed by atoms with van der Waals surface area (Å²) in [6.07, 6.45) is 3.62. The Kier molecular flexibility index (Phi) is 2.89. The third-order valence-corrected chi connectivity index (χ3v) is 2.57. The number of carboxylic acid groups (broad SMARTS) is 1. The molecule has 0 atom stereocenters. The number of fused-ring (bicyclic) bond motifs is 1. The molecule has 0 bridgehead atoms. The molecule has 0 aromatic carbocycles. The van der Waals surface area contributed by atoms with Crippen molar-refractivity contribution in [2.45, 2.75) is 25.7 Å². The highest BCUT2D eigenvalue weighted by Gasteiger charge is 2.23. The maximum atomic E-state index is 11.6. The van der Waals surface area contributed by atoms with Crippen LogP contribution in [0.3, 0.4) is 0 Å². The number of nitrogens with zero attached hydrogens (tertiary/aromatic N) is 1. The van der Waals surface area contributed by atoms with Gasteiger partial charge in [0.25, 0.3) is 5.91 Å². The minimum absolute atomic E-state index is 0.232. The maximum Gasteiger partial charge on any atom is 0.322 e. The van der Waals surface area contributed by atoms with Gasteiger partial charge in [-0.05, 0) is 19.3 Å². The van der Waals surface area contributed by atoms with Gasteiger partial charge in [0.15, 0.2) is 5.69 Å². The van der Waals surface area contributed by atoms with Crippen LogP contribution in [0.5, 0.6) is 0 Å². The van der Waals surface area contributed by atoms with Gasteiger partial charge >= 0.3 is 5.97 Å². The van der Waals surface area contributed by atoms with Crippen LogP contribution in [0, 0.1) is 0 Å². The van der Waals surface area contributed by atoms with Gasteiger partial charge in [0, 0.05) is 12.0 Å². The van der Waals surface area contributed by atoms with Crippen molar-refractivity contribution < 1.29 is 19.2 Å². The lowest BCUT2D eigenvalue weighted by Crippen LogP contribution is -2.30. The predicted octanol–water partition coefficient (Wildman–Crippen LogP) is 0.368. The van der Waals surface area contributed by atoms with Crippen molar-refractivity contribution >= 4 is 11.9 Å². The Morgan fingerprint density at radius 1 is 1.38 bits per heavy atom. The molecule has 6 nitrogen and oxygen atoms in total. The number of carboxylic acids is 1. The number of aryl methyl sites for hydroxylation is 1. The van der Waals surface area contributed by atoms with Gasteiger partial charge in [0.05, 0.1) is 0 Å². The molecule has 0 saturated carbocycles. The fraction of sp³-hybridized carbons (Fsp3) is 0.500. The van der Waals surface area contributed by atoms with Gasteiger partial charge < -0.3 is 14.9 Å². The number of hydrogen-bond acceptors (Lipinski definition) is 4. The largest absolute Gasteiger partial charge is 0.480 e. The Bertz CT molecular complexity index is 424. The SMILES string of the molecule is O=C(O)CNC(=O)c1noc2c1CCCC2. The molecule has 2 rings (SSSR count). The Morgan fingerprint density at radius 2 is 2.12 bits per heavy atom. The zero-order valence-electron chi connectivity index (χ0n) is 8.65. The first-order valence-electron chi connectivity index (χ1n) is 5.16. The molecule has 1 amide bonds. The number of rotatable bonds is 3. The number of carbonyl (C=O) groups excluding carboxylic acids is 1. The highest BCUT2D eigenvalue weighted by atomic mass is 16.5. The summed E-state index contributed by atoms with van der Waals surface area (Å²) in [6, 6.07) is 0. The third kappa shape index (κ3) is 2.05. The summed E-state index contributed by atoms with van der Waals surface area (Å²) < 4.78 is 5.06. The first-order valence-corrected chi connectivity index (χ1v) is 5.16. The van der Waals surface area contributed by atoms with E-state index in [9.17, 15) is 9.59 Å². The summed E-state index contributed by atoms with van der Waals surface area (Å²) in [7, 11) is 0. The maximum absolute atomic E-state index is 11.6. The van der Waals surface area contributed by atoms with Crippen molar-refractivity contribution in [2.75, 3.05) is 6.54 Å². The number of amides is 1. The molecule has 1 heterocycles. The average molecular weight is 224 g/mol. The van der Waals surface area contributed by atoms with Crippen LogP contribution < -0.4 is 5.32 Å². The number of aromatic nitrogens is 1. The molecule has 1 aliphatic rings. The minimum atomic E-state index is -1.08. The summed E-state index contributed by atoms with van der Waals surface area (Å²) >= 11 is 0. The van der Waals surface area contributed by atoms with Crippen molar-refractivity contribution in [1.29, 1.82) is 0 Å². The van der Waals surface area contributed by atoms with Crippen molar-refractivity contribution in [1.82, 2.24) is 10.5 Å². The van der Waals surface area contributed by atoms with Crippen molar-refractivity contribution in [2.24, 2.45) is 0 Å². The quantitative estimate of drug-likeness (QED) is 0.773. The molecule has 2 N–H and O–H groups in total. The van der Waals surface area contributed by atoms with E-state index < -0.39 is 18.4 Å². The van der Waals surface area contributed by atoms with E-state index in [2.05, 4.69) is 10.5 Å². The Morgan fingerprint density at radius 3 is 2.88 bits per heavy atom. The van der Waals surface area contributed by atoms with Gasteiger partial charge in [0.2, 0.25) is 0 Å². The van der Waals surface area contributed by atoms with Crippen LogP contribution in [-0.2, 0) is 17.6 Å². The molecule has 0 aliphatic heterocycles. The fourth-order valence-electron chi connectivity index (χ4n) is 1.80. The second-order valence-corrected chi connectivity index (χ2v) is 3.72. The van der Waals surface area contributed by atoms with Crippen LogP contribution in [-0.4, -0.2) is 28.7 Å². The van der Waals surface area contributed by atoms with Gasteiger partial charge in [0.1, 0.15) is 12.3 Å². The van der Waals surface area contributed by atoms with E-state index in [1.807, 2.05) is 0 Å². The number of aliphatic carboxylic acids is 1. The summed E-state index contributed by atoms with van der Waals surface area (Å²) in [5.41, 5.74) is 1.06. The lowest BCUT2D eigenvalue weighted by atomic mass is 9.96. The van der Waals surface area contributed by atoms with E-state index >= 15 is 0 Å². The molecular weight excluding hydrogens is 212 g/mol. The molecule has 0 radical (unpaired) electrons. The molecule has 86 valence electrons. The van der Waals surface area contributed by atoms with E-state index in [4.69, 9.17) is 9.63 Å². The van der Waals surface area contributed by atoms with Gasteiger partial charge in [-0.25, -0.2) is 0 Å². The number of carbonyl (C=O) groups is 2. The van der Waals surface area contributed by atoms with Gasteiger partial charge in [-0.2, -0.15) is 0 Å². The summed E-state index contributed by atoms with van der Waals surface area (Å²) in [4.78, 5) is 21.9. The molecule has 1 aliphatic carbocycles. The second-order valence-electron chi connectivity index (χ2n) is 3.72. The Labute approximate surface area is 91.6 Å². The molecule has 16 heavy (non-hydrogen) atoms. The van der Waals surface area contributed by atoms with E-state index in [0.717, 1.165) is 37.0 Å². The molecule has 1 aromatic rings. The molecule has 1 aromatic heterocycles. The molecule has 6 heteroatoms. The Hall–Kier alpha value is -1.85. The van der Waals surface area contributed by atoms with E-state index in [0.29, 0.717) is 0 Å². The van der Waals surface area contributed by atoms with E-state index in [-0.39, 0.29) is 5.69 Å². The molecule has 0 fully saturated rings. The lowest BCUT2D eigenvalue weighted by Gasteiger charge is -2.08. The molecular formula is C10H12N2O4. The smallest absolute Gasteiger partial charge is 0.322 e. The zero-order chi connectivity index (χ0) is 11.5. The lowest BCUT2D eigenvalue weighted by molar-refractivity contribution is -0.135. The topological polar surface area (TPSA) is 92.4 Å². The highest BCUT2D eigenvalue weighted by Crippen LogP contribution is 2.23. The predicted molar refractivity (Wildman–Crippen MR) is 53.1 cm³/mol. The van der Waals surface area contributed by atoms with Crippen LogP contribution in [0.1, 0.15) is 34.7 Å². The second kappa shape index (κ2) is 4.34. The van der Waals surface area contributed by atoms with Crippen LogP contribution in [0.25, 0.3) is 0 Å². The van der Waals surface area contributed by atoms with Crippen molar-refractivity contribution in [3.63, 3.8) is 0 Å². The normalized spacial score (nSPS) is 14.2. The van der Waals surface area contributed by atoms with E-state index in [1.54, 1.807) is 0 Å². The van der Waals surface area contributed by atoms with Gasteiger partial charge in [-0.15, -0.1) is 0 Å². The van der Waals surface area contributed by atoms with Crippen LogP contribution >= 0.6 is 0 Å². The van der Waals surface area contributed by atoms with Crippen LogP contribution in [0.4, 0.5) is 0 Å². The highest BCUT2D eigenvalue weighted by molar-refractivity contribution is 5.95. The fourth-order valence-corrected chi connectivity index (χ4v) is 1.80. The number of nitrogens with one attached hydrogen (secondary N) is 1. The van der Waals surface area contributed by atoms with Crippen molar-refractivity contribution in [3.8, 4) is 0 Å². The summed E-state index contributed by atoms with van der Waals surface area (Å²) in [5, 5.41) is 14.4. The average Bonchev–Trinajstić information content (AvgIpc) is 2.69. The Balaban J connectivity index is 2.11. The molecule has 0 saturated heterocycles. The monoisotopic (exact) mass is 224 g/mol. The van der Waals surface area contributed by atoms with Gasteiger partial charge in [-0.1, -0.05) is 5.16 Å².